The maximum absolute atomic E-state index is 14.0. The van der Waals surface area contributed by atoms with Gasteiger partial charge < -0.3 is 4.90 Å². The SMILES string of the molecule is CC(CN1CCN(c2ccc(F)cc2)CC1)c1csc(N2C(=O)c3ccccc3C2=O)c1C(=O)c1ccc(Cl)cc1. The van der Waals surface area contributed by atoms with Crippen molar-refractivity contribution < 1.29 is 18.8 Å². The predicted octanol–water partition coefficient (Wildman–Crippen LogP) is 6.50. The number of imide groups is 1. The number of hydrogen-bond donors (Lipinski definition) is 0. The number of fused-ring (bicyclic) bond motifs is 1. The lowest BCUT2D eigenvalue weighted by Gasteiger charge is -2.37. The van der Waals surface area contributed by atoms with Gasteiger partial charge in [-0.15, -0.1) is 11.3 Å². The standard InChI is InChI=1S/C32H27ClFN3O3S/c1-20(18-35-14-16-36(17-15-35)24-12-10-23(34)11-13-24)27-19-41-32(28(27)29(38)21-6-8-22(33)9-7-21)37-30(39)25-4-2-3-5-26(25)31(37)40/h2-13,19-20H,14-18H2,1H3. The molecule has 0 radical (unpaired) electrons. The molecule has 0 spiro atoms. The van der Waals surface area contributed by atoms with Crippen molar-refractivity contribution in [3.05, 3.63) is 117 Å². The molecule has 1 saturated heterocycles. The van der Waals surface area contributed by atoms with E-state index in [-0.39, 0.29) is 17.5 Å². The van der Waals surface area contributed by atoms with E-state index in [1.54, 1.807) is 60.7 Å². The van der Waals surface area contributed by atoms with E-state index in [4.69, 9.17) is 11.6 Å². The Balaban J connectivity index is 1.28. The number of ketones is 1. The Morgan fingerprint density at radius 2 is 1.51 bits per heavy atom. The van der Waals surface area contributed by atoms with E-state index in [1.165, 1.54) is 23.5 Å². The summed E-state index contributed by atoms with van der Waals surface area (Å²) >= 11 is 7.33. The second-order valence-electron chi connectivity index (χ2n) is 10.4. The molecule has 0 N–H and O–H groups in total. The molecule has 1 atom stereocenters. The molecule has 1 fully saturated rings. The average Bonchev–Trinajstić information content (AvgIpc) is 3.52. The first kappa shape index (κ1) is 27.3. The van der Waals surface area contributed by atoms with Gasteiger partial charge in [-0.3, -0.25) is 19.3 Å². The number of piperazine rings is 1. The summed E-state index contributed by atoms with van der Waals surface area (Å²) in [5, 5.41) is 2.77. The largest absolute Gasteiger partial charge is 0.369 e. The maximum atomic E-state index is 14.0. The summed E-state index contributed by atoms with van der Waals surface area (Å²) in [4.78, 5) is 46.5. The van der Waals surface area contributed by atoms with E-state index in [9.17, 15) is 18.8 Å². The number of carbonyl (C=O) groups is 3. The molecule has 3 heterocycles. The molecule has 0 saturated carbocycles. The van der Waals surface area contributed by atoms with Gasteiger partial charge in [0.05, 0.1) is 16.7 Å². The Morgan fingerprint density at radius 1 is 0.902 bits per heavy atom. The molecule has 6 nitrogen and oxygen atoms in total. The van der Waals surface area contributed by atoms with Crippen LogP contribution in [0.5, 0.6) is 0 Å². The molecular formula is C32H27ClFN3O3S. The molecule has 0 aliphatic carbocycles. The molecule has 1 unspecified atom stereocenters. The molecule has 4 aromatic rings. The van der Waals surface area contributed by atoms with Crippen LogP contribution in [-0.4, -0.2) is 55.2 Å². The predicted molar refractivity (Wildman–Crippen MR) is 160 cm³/mol. The number of halogens is 2. The topological polar surface area (TPSA) is 60.9 Å². The number of anilines is 2. The highest BCUT2D eigenvalue weighted by Gasteiger charge is 2.40. The van der Waals surface area contributed by atoms with Crippen LogP contribution in [0, 0.1) is 5.82 Å². The van der Waals surface area contributed by atoms with Gasteiger partial charge in [0.15, 0.2) is 5.78 Å². The lowest BCUT2D eigenvalue weighted by Crippen LogP contribution is -2.47. The van der Waals surface area contributed by atoms with Crippen molar-refractivity contribution in [3.63, 3.8) is 0 Å². The van der Waals surface area contributed by atoms with Crippen LogP contribution in [-0.2, 0) is 0 Å². The van der Waals surface area contributed by atoms with E-state index in [2.05, 4.69) is 16.7 Å². The Kier molecular flexibility index (Phi) is 7.46. The molecular weight excluding hydrogens is 561 g/mol. The third-order valence-corrected chi connectivity index (χ3v) is 8.99. The molecule has 1 aromatic heterocycles. The highest BCUT2D eigenvalue weighted by Crippen LogP contribution is 2.41. The maximum Gasteiger partial charge on any atom is 0.266 e. The van der Waals surface area contributed by atoms with Crippen molar-refractivity contribution >= 4 is 51.2 Å². The van der Waals surface area contributed by atoms with Crippen LogP contribution < -0.4 is 9.80 Å². The van der Waals surface area contributed by atoms with Crippen molar-refractivity contribution in [3.8, 4) is 0 Å². The number of amides is 2. The van der Waals surface area contributed by atoms with Gasteiger partial charge in [0.1, 0.15) is 10.8 Å². The van der Waals surface area contributed by atoms with Crippen LogP contribution in [0.25, 0.3) is 0 Å². The number of carbonyl (C=O) groups excluding carboxylic acids is 3. The van der Waals surface area contributed by atoms with Gasteiger partial charge in [-0.25, -0.2) is 9.29 Å². The molecule has 0 bridgehead atoms. The molecule has 6 rings (SSSR count). The van der Waals surface area contributed by atoms with Gasteiger partial charge >= 0.3 is 0 Å². The van der Waals surface area contributed by atoms with E-state index in [0.29, 0.717) is 38.8 Å². The number of rotatable bonds is 7. The van der Waals surface area contributed by atoms with Gasteiger partial charge in [-0.05, 0) is 77.5 Å². The Hall–Kier alpha value is -3.85. The van der Waals surface area contributed by atoms with Crippen molar-refractivity contribution in [1.82, 2.24) is 4.90 Å². The second-order valence-corrected chi connectivity index (χ2v) is 11.7. The van der Waals surface area contributed by atoms with Gasteiger partial charge in [0.2, 0.25) is 0 Å². The van der Waals surface area contributed by atoms with Gasteiger partial charge in [0, 0.05) is 49.0 Å². The molecule has 2 aliphatic heterocycles. The zero-order chi connectivity index (χ0) is 28.7. The fourth-order valence-corrected chi connectivity index (χ4v) is 6.88. The van der Waals surface area contributed by atoms with Gasteiger partial charge in [-0.1, -0.05) is 30.7 Å². The van der Waals surface area contributed by atoms with Gasteiger partial charge in [-0.2, -0.15) is 0 Å². The summed E-state index contributed by atoms with van der Waals surface area (Å²) in [7, 11) is 0. The van der Waals surface area contributed by atoms with Gasteiger partial charge in [0.25, 0.3) is 11.8 Å². The van der Waals surface area contributed by atoms with Crippen LogP contribution in [0.1, 0.15) is 55.0 Å². The molecule has 9 heteroatoms. The average molecular weight is 588 g/mol. The highest BCUT2D eigenvalue weighted by atomic mass is 35.5. The smallest absolute Gasteiger partial charge is 0.266 e. The first-order valence-electron chi connectivity index (χ1n) is 13.4. The first-order valence-corrected chi connectivity index (χ1v) is 14.7. The van der Waals surface area contributed by atoms with Crippen molar-refractivity contribution in [2.75, 3.05) is 42.5 Å². The van der Waals surface area contributed by atoms with E-state index >= 15 is 0 Å². The summed E-state index contributed by atoms with van der Waals surface area (Å²) in [5.41, 5.74) is 3.30. The summed E-state index contributed by atoms with van der Waals surface area (Å²) in [6, 6.07) is 19.9. The third-order valence-electron chi connectivity index (χ3n) is 7.76. The number of benzene rings is 3. The second kappa shape index (κ2) is 11.2. The molecule has 3 aromatic carbocycles. The van der Waals surface area contributed by atoms with Crippen LogP contribution in [0.3, 0.4) is 0 Å². The third kappa shape index (κ3) is 5.19. The van der Waals surface area contributed by atoms with E-state index in [0.717, 1.165) is 42.3 Å². The van der Waals surface area contributed by atoms with Crippen LogP contribution in [0.4, 0.5) is 15.1 Å². The zero-order valence-corrected chi connectivity index (χ0v) is 23.9. The van der Waals surface area contributed by atoms with Crippen LogP contribution in [0.2, 0.25) is 5.02 Å². The van der Waals surface area contributed by atoms with E-state index < -0.39 is 11.8 Å². The summed E-state index contributed by atoms with van der Waals surface area (Å²) in [5.74, 6) is -1.39. The highest BCUT2D eigenvalue weighted by molar-refractivity contribution is 7.15. The summed E-state index contributed by atoms with van der Waals surface area (Å²) in [6.45, 7) is 6.02. The van der Waals surface area contributed by atoms with Crippen molar-refractivity contribution in [1.29, 1.82) is 0 Å². The van der Waals surface area contributed by atoms with Crippen molar-refractivity contribution in [2.45, 2.75) is 12.8 Å². The normalized spacial score (nSPS) is 16.3. The number of hydrogen-bond acceptors (Lipinski definition) is 6. The number of thiophene rings is 1. The Bertz CT molecular complexity index is 1590. The Labute approximate surface area is 246 Å². The first-order chi connectivity index (χ1) is 19.8. The molecule has 2 aliphatic rings. The minimum Gasteiger partial charge on any atom is -0.369 e. The molecule has 41 heavy (non-hydrogen) atoms. The lowest BCUT2D eigenvalue weighted by molar-refractivity contribution is 0.0927. The van der Waals surface area contributed by atoms with Crippen LogP contribution >= 0.6 is 22.9 Å². The molecule has 2 amide bonds. The Morgan fingerprint density at radius 3 is 2.12 bits per heavy atom. The summed E-state index contributed by atoms with van der Waals surface area (Å²) in [6.07, 6.45) is 0. The zero-order valence-electron chi connectivity index (χ0n) is 22.3. The monoisotopic (exact) mass is 587 g/mol. The molecule has 208 valence electrons. The number of nitrogens with zero attached hydrogens (tertiary/aromatic N) is 3. The van der Waals surface area contributed by atoms with Crippen LogP contribution in [0.15, 0.2) is 78.2 Å². The minimum atomic E-state index is -0.422. The lowest BCUT2D eigenvalue weighted by atomic mass is 9.93. The minimum absolute atomic E-state index is 0.0428. The fraction of sp³-hybridized carbons (Fsp3) is 0.219. The quantitative estimate of drug-likeness (QED) is 0.182. The summed E-state index contributed by atoms with van der Waals surface area (Å²) < 4.78 is 13.4. The van der Waals surface area contributed by atoms with E-state index in [1.807, 2.05) is 5.38 Å². The fourth-order valence-electron chi connectivity index (χ4n) is 5.56. The van der Waals surface area contributed by atoms with Crippen molar-refractivity contribution in [2.24, 2.45) is 0 Å².